The Bertz CT molecular complexity index is 1190. The molecule has 36 heavy (non-hydrogen) atoms. The Hall–Kier alpha value is -2.63. The van der Waals surface area contributed by atoms with Crippen LogP contribution in [-0.2, 0) is 14.4 Å². The fourth-order valence-corrected chi connectivity index (χ4v) is 9.81. The third-order valence-electron chi connectivity index (χ3n) is 11.3. The zero-order valence-corrected chi connectivity index (χ0v) is 21.7. The number of phenols is 1. The van der Waals surface area contributed by atoms with E-state index in [1.807, 2.05) is 6.92 Å². The van der Waals surface area contributed by atoms with Crippen molar-refractivity contribution in [2.75, 3.05) is 4.90 Å². The Kier molecular flexibility index (Phi) is 4.92. The summed E-state index contributed by atoms with van der Waals surface area (Å²) in [5.74, 6) is -1.04. The van der Waals surface area contributed by atoms with Crippen LogP contribution in [0, 0.1) is 51.8 Å². The summed E-state index contributed by atoms with van der Waals surface area (Å²) in [6, 6.07) is 6.33. The first-order valence-corrected chi connectivity index (χ1v) is 13.6. The van der Waals surface area contributed by atoms with Crippen LogP contribution < -0.4 is 4.90 Å². The van der Waals surface area contributed by atoms with Crippen molar-refractivity contribution in [3.63, 3.8) is 0 Å². The minimum absolute atomic E-state index is 0.00836. The SMILES string of the molecule is CC(C)C1=C[C@]23CC[C@H]4[C@](C)(CCC[C@@]4(C)C(=O)O)[C@@H]2C[C@@H]1[C@H]1C(=O)N(c2ccc(O)cc2)C(=O)[C@H]13. The third-order valence-corrected chi connectivity index (χ3v) is 11.3. The summed E-state index contributed by atoms with van der Waals surface area (Å²) in [5, 5.41) is 20.0. The fourth-order valence-electron chi connectivity index (χ4n) is 9.81. The molecule has 6 heteroatoms. The van der Waals surface area contributed by atoms with Gasteiger partial charge < -0.3 is 10.2 Å². The van der Waals surface area contributed by atoms with Crippen LogP contribution in [0.3, 0.4) is 0 Å². The summed E-state index contributed by atoms with van der Waals surface area (Å²) in [6.07, 6.45) is 7.35. The standard InChI is InChI=1S/C30H37NO5/c1-16(2)20-15-30-13-10-21-28(3,11-5-12-29(21,4)27(35)36)22(30)14-19(20)23-24(30)26(34)31(25(23)33)17-6-8-18(32)9-7-17/h6-9,15-16,19,21-24,32H,5,10-14H2,1-4H3,(H,35,36)/t19-,21-,22-,23+,24-,28-,29+,30+/m0/s1. The van der Waals surface area contributed by atoms with Crippen molar-refractivity contribution in [1.82, 2.24) is 0 Å². The van der Waals surface area contributed by atoms with E-state index in [2.05, 4.69) is 26.8 Å². The summed E-state index contributed by atoms with van der Waals surface area (Å²) in [5.41, 5.74) is 0.482. The normalized spacial score (nSPS) is 43.2. The number of hydrogen-bond donors (Lipinski definition) is 2. The summed E-state index contributed by atoms with van der Waals surface area (Å²) >= 11 is 0. The number of aliphatic carboxylic acids is 1. The molecule has 5 aliphatic carbocycles. The molecule has 0 aromatic heterocycles. The number of aromatic hydroxyl groups is 1. The molecule has 2 bridgehead atoms. The molecule has 1 heterocycles. The maximum Gasteiger partial charge on any atom is 0.309 e. The van der Waals surface area contributed by atoms with Gasteiger partial charge in [0, 0.05) is 5.41 Å². The minimum Gasteiger partial charge on any atom is -0.508 e. The third kappa shape index (κ3) is 2.76. The number of carbonyl (C=O) groups is 3. The number of carbonyl (C=O) groups excluding carboxylic acids is 2. The van der Waals surface area contributed by atoms with Crippen LogP contribution >= 0.6 is 0 Å². The number of carboxylic acids is 1. The molecule has 0 radical (unpaired) electrons. The lowest BCUT2D eigenvalue weighted by molar-refractivity contribution is -0.194. The molecule has 4 fully saturated rings. The lowest BCUT2D eigenvalue weighted by atomic mass is 9.34. The van der Waals surface area contributed by atoms with E-state index in [0.717, 1.165) is 32.1 Å². The van der Waals surface area contributed by atoms with Crippen LogP contribution in [0.25, 0.3) is 0 Å². The first kappa shape index (κ1) is 23.7. The number of nitrogens with zero attached hydrogens (tertiary/aromatic N) is 1. The van der Waals surface area contributed by atoms with Gasteiger partial charge in [-0.1, -0.05) is 38.8 Å². The van der Waals surface area contributed by atoms with Crippen molar-refractivity contribution in [2.45, 2.75) is 66.2 Å². The summed E-state index contributed by atoms with van der Waals surface area (Å²) < 4.78 is 0. The average Bonchev–Trinajstić information content (AvgIpc) is 3.11. The monoisotopic (exact) mass is 491 g/mol. The Labute approximate surface area is 212 Å². The molecule has 1 saturated heterocycles. The lowest BCUT2D eigenvalue weighted by Gasteiger charge is -2.68. The highest BCUT2D eigenvalue weighted by Gasteiger charge is 2.73. The number of benzene rings is 1. The average molecular weight is 492 g/mol. The molecule has 6 aliphatic rings. The second-order valence-corrected chi connectivity index (χ2v) is 13.0. The first-order chi connectivity index (χ1) is 17.0. The molecule has 2 amide bonds. The van der Waals surface area contributed by atoms with Crippen molar-refractivity contribution in [2.24, 2.45) is 51.8 Å². The maximum absolute atomic E-state index is 14.2. The highest BCUT2D eigenvalue weighted by molar-refractivity contribution is 6.23. The van der Waals surface area contributed by atoms with Gasteiger partial charge in [-0.2, -0.15) is 0 Å². The van der Waals surface area contributed by atoms with Gasteiger partial charge in [-0.3, -0.25) is 19.3 Å². The molecule has 8 atom stereocenters. The largest absolute Gasteiger partial charge is 0.508 e. The number of amides is 2. The predicted octanol–water partition coefficient (Wildman–Crippen LogP) is 5.41. The summed E-state index contributed by atoms with van der Waals surface area (Å²) in [6.45, 7) is 8.59. The first-order valence-electron chi connectivity index (χ1n) is 13.6. The molecule has 1 aliphatic heterocycles. The number of phenolic OH excluding ortho intramolecular Hbond substituents is 1. The van der Waals surface area contributed by atoms with E-state index in [9.17, 15) is 24.6 Å². The number of carboxylic acid groups (broad SMARTS) is 1. The number of fused-ring (bicyclic) bond motifs is 1. The highest BCUT2D eigenvalue weighted by Crippen LogP contribution is 2.74. The van der Waals surface area contributed by atoms with Crippen molar-refractivity contribution < 1.29 is 24.6 Å². The van der Waals surface area contributed by atoms with Crippen molar-refractivity contribution in [3.8, 4) is 5.75 Å². The summed E-state index contributed by atoms with van der Waals surface area (Å²) in [4.78, 5) is 42.0. The molecule has 0 unspecified atom stereocenters. The number of anilines is 1. The maximum atomic E-state index is 14.2. The van der Waals surface area contributed by atoms with Gasteiger partial charge >= 0.3 is 5.97 Å². The quantitative estimate of drug-likeness (QED) is 0.436. The van der Waals surface area contributed by atoms with Crippen molar-refractivity contribution in [3.05, 3.63) is 35.9 Å². The molecule has 7 rings (SSSR count). The molecule has 3 saturated carbocycles. The molecule has 1 aromatic rings. The van der Waals surface area contributed by atoms with Gasteiger partial charge in [0.2, 0.25) is 11.8 Å². The van der Waals surface area contributed by atoms with Gasteiger partial charge in [0.25, 0.3) is 0 Å². The predicted molar refractivity (Wildman–Crippen MR) is 135 cm³/mol. The van der Waals surface area contributed by atoms with Crippen molar-refractivity contribution >= 4 is 23.5 Å². The van der Waals surface area contributed by atoms with Crippen LogP contribution in [0.15, 0.2) is 35.9 Å². The Morgan fingerprint density at radius 3 is 2.36 bits per heavy atom. The van der Waals surface area contributed by atoms with Gasteiger partial charge in [-0.05, 0) is 92.4 Å². The zero-order valence-electron chi connectivity index (χ0n) is 21.7. The minimum atomic E-state index is -0.747. The molecule has 6 nitrogen and oxygen atoms in total. The van der Waals surface area contributed by atoms with E-state index in [4.69, 9.17) is 0 Å². The van der Waals surface area contributed by atoms with Crippen LogP contribution in [0.5, 0.6) is 5.75 Å². The van der Waals surface area contributed by atoms with Crippen LogP contribution in [0.4, 0.5) is 5.69 Å². The topological polar surface area (TPSA) is 94.9 Å². The molecular weight excluding hydrogens is 454 g/mol. The number of hydrogen-bond acceptors (Lipinski definition) is 4. The van der Waals surface area contributed by atoms with Gasteiger partial charge in [-0.25, -0.2) is 0 Å². The molecule has 1 aromatic carbocycles. The van der Waals surface area contributed by atoms with E-state index >= 15 is 0 Å². The van der Waals surface area contributed by atoms with E-state index in [0.29, 0.717) is 18.0 Å². The lowest BCUT2D eigenvalue weighted by Crippen LogP contribution is -2.65. The molecule has 2 N–H and O–H groups in total. The zero-order chi connectivity index (χ0) is 25.8. The molecular formula is C30H37NO5. The van der Waals surface area contributed by atoms with E-state index in [1.165, 1.54) is 22.6 Å². The van der Waals surface area contributed by atoms with E-state index in [-0.39, 0.29) is 46.7 Å². The fraction of sp³-hybridized carbons (Fsp3) is 0.633. The number of imide groups is 1. The number of rotatable bonds is 3. The number of allylic oxidation sites excluding steroid dienone is 2. The molecule has 1 spiro atoms. The van der Waals surface area contributed by atoms with Gasteiger partial charge in [0.05, 0.1) is 22.9 Å². The van der Waals surface area contributed by atoms with Crippen LogP contribution in [-0.4, -0.2) is 28.0 Å². The van der Waals surface area contributed by atoms with Gasteiger partial charge in [0.1, 0.15) is 5.75 Å². The Morgan fingerprint density at radius 2 is 1.72 bits per heavy atom. The Morgan fingerprint density at radius 1 is 1.03 bits per heavy atom. The Balaban J connectivity index is 1.49. The second-order valence-electron chi connectivity index (χ2n) is 13.0. The molecule has 192 valence electrons. The van der Waals surface area contributed by atoms with Gasteiger partial charge in [0.15, 0.2) is 0 Å². The second kappa shape index (κ2) is 7.45. The summed E-state index contributed by atoms with van der Waals surface area (Å²) in [7, 11) is 0. The van der Waals surface area contributed by atoms with Crippen LogP contribution in [0.2, 0.25) is 0 Å². The van der Waals surface area contributed by atoms with Crippen LogP contribution in [0.1, 0.15) is 66.2 Å². The van der Waals surface area contributed by atoms with E-state index in [1.54, 1.807) is 12.1 Å². The van der Waals surface area contributed by atoms with E-state index < -0.39 is 22.7 Å². The van der Waals surface area contributed by atoms with Gasteiger partial charge in [-0.15, -0.1) is 0 Å². The highest BCUT2D eigenvalue weighted by atomic mass is 16.4. The smallest absolute Gasteiger partial charge is 0.309 e. The van der Waals surface area contributed by atoms with Crippen molar-refractivity contribution in [1.29, 1.82) is 0 Å².